The second kappa shape index (κ2) is 6.53. The maximum absolute atomic E-state index is 14.2. The lowest BCUT2D eigenvalue weighted by molar-refractivity contribution is 0.318. The first kappa shape index (κ1) is 15.2. The average Bonchev–Trinajstić information content (AvgIpc) is 2.49. The fourth-order valence-corrected chi connectivity index (χ4v) is 2.02. The summed E-state index contributed by atoms with van der Waals surface area (Å²) in [4.78, 5) is 0. The van der Waals surface area contributed by atoms with Crippen LogP contribution in [0.25, 0.3) is 0 Å². The molecule has 0 amide bonds. The van der Waals surface area contributed by atoms with E-state index in [9.17, 15) is 8.78 Å². The van der Waals surface area contributed by atoms with Crippen LogP contribution in [0.2, 0.25) is 0 Å². The van der Waals surface area contributed by atoms with Gasteiger partial charge in [-0.2, -0.15) is 0 Å². The standard InChI is InChI=1S/C14H12BrF2N3O/c15-11-5-4-9(6-12(11)16)19-7-8-2-1-3-10(13(8)17)14(18)20-21/h1-6,19,21H,7H2,(H2,18,20). The highest BCUT2D eigenvalue weighted by Gasteiger charge is 2.11. The molecule has 7 heteroatoms. The number of oxime groups is 1. The number of nitrogens with zero attached hydrogens (tertiary/aromatic N) is 1. The highest BCUT2D eigenvalue weighted by Crippen LogP contribution is 2.20. The Hall–Kier alpha value is -2.15. The fourth-order valence-electron chi connectivity index (χ4n) is 1.77. The van der Waals surface area contributed by atoms with Crippen molar-refractivity contribution in [3.63, 3.8) is 0 Å². The molecule has 4 N–H and O–H groups in total. The van der Waals surface area contributed by atoms with Gasteiger partial charge in [-0.25, -0.2) is 8.78 Å². The van der Waals surface area contributed by atoms with Crippen LogP contribution >= 0.6 is 15.9 Å². The average molecular weight is 356 g/mol. The molecule has 110 valence electrons. The van der Waals surface area contributed by atoms with Crippen LogP contribution in [-0.2, 0) is 6.54 Å². The zero-order chi connectivity index (χ0) is 15.4. The molecular formula is C14H12BrF2N3O. The molecule has 0 aliphatic carbocycles. The fraction of sp³-hybridized carbons (Fsp3) is 0.0714. The van der Waals surface area contributed by atoms with E-state index in [0.29, 0.717) is 15.7 Å². The molecule has 0 heterocycles. The molecule has 0 spiro atoms. The van der Waals surface area contributed by atoms with Crippen molar-refractivity contribution in [3.8, 4) is 0 Å². The van der Waals surface area contributed by atoms with Crippen LogP contribution in [-0.4, -0.2) is 11.0 Å². The minimum absolute atomic E-state index is 0.0128. The van der Waals surface area contributed by atoms with Crippen LogP contribution in [0.1, 0.15) is 11.1 Å². The highest BCUT2D eigenvalue weighted by atomic mass is 79.9. The van der Waals surface area contributed by atoms with Gasteiger partial charge in [0, 0.05) is 17.8 Å². The molecule has 4 nitrogen and oxygen atoms in total. The van der Waals surface area contributed by atoms with E-state index in [-0.39, 0.29) is 17.9 Å². The van der Waals surface area contributed by atoms with E-state index in [4.69, 9.17) is 10.9 Å². The minimum Gasteiger partial charge on any atom is -0.409 e. The van der Waals surface area contributed by atoms with E-state index in [0.717, 1.165) is 0 Å². The molecule has 0 aliphatic heterocycles. The zero-order valence-corrected chi connectivity index (χ0v) is 12.4. The number of nitrogens with two attached hydrogens (primary N) is 1. The van der Waals surface area contributed by atoms with E-state index in [1.54, 1.807) is 24.3 Å². The van der Waals surface area contributed by atoms with Gasteiger partial charge < -0.3 is 16.3 Å². The van der Waals surface area contributed by atoms with Crippen LogP contribution in [0.4, 0.5) is 14.5 Å². The molecule has 2 aromatic carbocycles. The first-order valence-corrected chi connectivity index (χ1v) is 6.76. The lowest BCUT2D eigenvalue weighted by atomic mass is 10.1. The minimum atomic E-state index is -0.585. The first-order valence-electron chi connectivity index (χ1n) is 5.97. The van der Waals surface area contributed by atoms with Crippen molar-refractivity contribution >= 4 is 27.5 Å². The molecule has 2 rings (SSSR count). The Morgan fingerprint density at radius 3 is 2.71 bits per heavy atom. The Morgan fingerprint density at radius 1 is 1.29 bits per heavy atom. The zero-order valence-electron chi connectivity index (χ0n) is 10.8. The number of nitrogens with one attached hydrogen (secondary N) is 1. The molecule has 21 heavy (non-hydrogen) atoms. The summed E-state index contributed by atoms with van der Waals surface area (Å²) in [6.45, 7) is 0.138. The van der Waals surface area contributed by atoms with Crippen molar-refractivity contribution in [1.82, 2.24) is 0 Å². The lowest BCUT2D eigenvalue weighted by Crippen LogP contribution is -2.16. The normalized spacial score (nSPS) is 11.5. The van der Waals surface area contributed by atoms with Gasteiger partial charge in [0.15, 0.2) is 5.84 Å². The Morgan fingerprint density at radius 2 is 2.05 bits per heavy atom. The largest absolute Gasteiger partial charge is 0.409 e. The molecule has 0 unspecified atom stereocenters. The molecule has 2 aromatic rings. The Labute approximate surface area is 128 Å². The third-order valence-electron chi connectivity index (χ3n) is 2.86. The smallest absolute Gasteiger partial charge is 0.173 e. The Kier molecular flexibility index (Phi) is 4.74. The van der Waals surface area contributed by atoms with E-state index < -0.39 is 11.6 Å². The third-order valence-corrected chi connectivity index (χ3v) is 3.51. The van der Waals surface area contributed by atoms with Gasteiger partial charge in [0.1, 0.15) is 11.6 Å². The van der Waals surface area contributed by atoms with Crippen molar-refractivity contribution < 1.29 is 14.0 Å². The van der Waals surface area contributed by atoms with Crippen molar-refractivity contribution in [1.29, 1.82) is 0 Å². The second-order valence-electron chi connectivity index (χ2n) is 4.25. The summed E-state index contributed by atoms with van der Waals surface area (Å²) in [6, 6.07) is 9.09. The summed E-state index contributed by atoms with van der Waals surface area (Å²) >= 11 is 3.06. The molecule has 0 aromatic heterocycles. The topological polar surface area (TPSA) is 70.6 Å². The van der Waals surface area contributed by atoms with Crippen molar-refractivity contribution in [2.24, 2.45) is 10.9 Å². The van der Waals surface area contributed by atoms with Crippen LogP contribution in [0, 0.1) is 11.6 Å². The van der Waals surface area contributed by atoms with Crippen LogP contribution in [0.15, 0.2) is 46.0 Å². The molecule has 0 saturated carbocycles. The number of hydrogen-bond acceptors (Lipinski definition) is 3. The Balaban J connectivity index is 2.18. The summed E-state index contributed by atoms with van der Waals surface area (Å²) in [5.74, 6) is -1.30. The third kappa shape index (κ3) is 3.49. The second-order valence-corrected chi connectivity index (χ2v) is 5.10. The summed E-state index contributed by atoms with van der Waals surface area (Å²) in [5.41, 5.74) is 6.24. The molecule has 0 fully saturated rings. The summed E-state index contributed by atoms with van der Waals surface area (Å²) in [5, 5.41) is 14.3. The molecule has 0 aliphatic rings. The Bertz CT molecular complexity index is 692. The van der Waals surface area contributed by atoms with Gasteiger partial charge >= 0.3 is 0 Å². The quantitative estimate of drug-likeness (QED) is 0.340. The molecule has 0 atom stereocenters. The molecule has 0 bridgehead atoms. The maximum Gasteiger partial charge on any atom is 0.173 e. The van der Waals surface area contributed by atoms with E-state index in [1.807, 2.05) is 0 Å². The predicted octanol–water partition coefficient (Wildman–Crippen LogP) is 3.43. The van der Waals surface area contributed by atoms with Crippen LogP contribution in [0.5, 0.6) is 0 Å². The van der Waals surface area contributed by atoms with Crippen LogP contribution in [0.3, 0.4) is 0 Å². The van der Waals surface area contributed by atoms with E-state index in [2.05, 4.69) is 26.4 Å². The van der Waals surface area contributed by atoms with E-state index >= 15 is 0 Å². The van der Waals surface area contributed by atoms with Gasteiger partial charge in [-0.1, -0.05) is 17.3 Å². The molecule has 0 radical (unpaired) electrons. The van der Waals surface area contributed by atoms with Gasteiger partial charge in [-0.15, -0.1) is 0 Å². The lowest BCUT2D eigenvalue weighted by Gasteiger charge is -2.10. The number of anilines is 1. The maximum atomic E-state index is 14.2. The number of hydrogen-bond donors (Lipinski definition) is 3. The highest BCUT2D eigenvalue weighted by molar-refractivity contribution is 9.10. The summed E-state index contributed by atoms with van der Waals surface area (Å²) in [6.07, 6.45) is 0. The van der Waals surface area contributed by atoms with Gasteiger partial charge in [-0.3, -0.25) is 0 Å². The monoisotopic (exact) mass is 355 g/mol. The number of rotatable bonds is 4. The molecule has 0 saturated heterocycles. The van der Waals surface area contributed by atoms with Gasteiger partial charge in [0.05, 0.1) is 10.0 Å². The van der Waals surface area contributed by atoms with Crippen LogP contribution < -0.4 is 11.1 Å². The van der Waals surface area contributed by atoms with E-state index in [1.165, 1.54) is 12.1 Å². The van der Waals surface area contributed by atoms with Gasteiger partial charge in [0.2, 0.25) is 0 Å². The SMILES string of the molecule is N/C(=N/O)c1cccc(CNc2ccc(Br)c(F)c2)c1F. The molecular weight excluding hydrogens is 344 g/mol. The number of halogens is 3. The summed E-state index contributed by atoms with van der Waals surface area (Å²) < 4.78 is 27.9. The number of amidine groups is 1. The van der Waals surface area contributed by atoms with Crippen molar-refractivity contribution in [2.75, 3.05) is 5.32 Å². The summed E-state index contributed by atoms with van der Waals surface area (Å²) in [7, 11) is 0. The van der Waals surface area contributed by atoms with Gasteiger partial charge in [0.25, 0.3) is 0 Å². The van der Waals surface area contributed by atoms with Gasteiger partial charge in [-0.05, 0) is 40.2 Å². The van der Waals surface area contributed by atoms with Crippen molar-refractivity contribution in [2.45, 2.75) is 6.54 Å². The first-order chi connectivity index (χ1) is 10.0. The number of benzene rings is 2. The van der Waals surface area contributed by atoms with Crippen molar-refractivity contribution in [3.05, 3.63) is 63.6 Å². The predicted molar refractivity (Wildman–Crippen MR) is 80.3 cm³/mol.